The minimum atomic E-state index is -1.32. The summed E-state index contributed by atoms with van der Waals surface area (Å²) in [6.45, 7) is 8.40. The topological polar surface area (TPSA) is 100 Å². The predicted molar refractivity (Wildman–Crippen MR) is 130 cm³/mol. The predicted octanol–water partition coefficient (Wildman–Crippen LogP) is 4.38. The number of hydroxylamine groups is 1. The molecule has 0 aliphatic carbocycles. The fourth-order valence-electron chi connectivity index (χ4n) is 3.82. The Kier molecular flexibility index (Phi) is 7.09. The van der Waals surface area contributed by atoms with E-state index in [0.717, 1.165) is 22.3 Å². The highest BCUT2D eigenvalue weighted by atomic mass is 16.7. The zero-order valence-electron chi connectivity index (χ0n) is 20.3. The summed E-state index contributed by atoms with van der Waals surface area (Å²) in [5.41, 5.74) is 5.45. The van der Waals surface area contributed by atoms with Gasteiger partial charge in [0.1, 0.15) is 18.7 Å². The maximum atomic E-state index is 11.5. The summed E-state index contributed by atoms with van der Waals surface area (Å²) in [7, 11) is 0. The van der Waals surface area contributed by atoms with E-state index in [1.807, 2.05) is 56.3 Å². The standard InChI is InChI=1S/C26H30N4O5/c1-18-12-20(13-19(2)24(18)35-26(3,4)25(31)32)15-29(17-30-28-10-11-33-30)16-23-27-14-22(34-23)21-8-6-5-7-9-21/h5-14,28H,15-17H2,1-4H3,(H,31,32). The van der Waals surface area contributed by atoms with Crippen molar-refractivity contribution in [3.8, 4) is 17.1 Å². The lowest BCUT2D eigenvalue weighted by molar-refractivity contribution is -0.152. The molecular formula is C26H30N4O5. The van der Waals surface area contributed by atoms with Gasteiger partial charge in [0.25, 0.3) is 0 Å². The second-order valence-corrected chi connectivity index (χ2v) is 9.00. The van der Waals surface area contributed by atoms with E-state index in [1.54, 1.807) is 37.7 Å². The molecule has 0 amide bonds. The smallest absolute Gasteiger partial charge is 0.347 e. The Morgan fingerprint density at radius 3 is 2.51 bits per heavy atom. The van der Waals surface area contributed by atoms with Crippen LogP contribution in [0.15, 0.2) is 65.5 Å². The molecule has 3 aromatic rings. The summed E-state index contributed by atoms with van der Waals surface area (Å²) >= 11 is 0. The minimum absolute atomic E-state index is 0.443. The van der Waals surface area contributed by atoms with E-state index in [2.05, 4.69) is 15.3 Å². The highest BCUT2D eigenvalue weighted by Crippen LogP contribution is 2.29. The number of hydrogen-bond acceptors (Lipinski definition) is 8. The number of hydrogen-bond donors (Lipinski definition) is 2. The molecule has 0 spiro atoms. The summed E-state index contributed by atoms with van der Waals surface area (Å²) in [6.07, 6.45) is 5.02. The minimum Gasteiger partial charge on any atom is -0.478 e. The van der Waals surface area contributed by atoms with Crippen molar-refractivity contribution in [1.29, 1.82) is 0 Å². The van der Waals surface area contributed by atoms with Crippen LogP contribution in [0.1, 0.15) is 36.4 Å². The van der Waals surface area contributed by atoms with Crippen LogP contribution in [0.25, 0.3) is 11.3 Å². The lowest BCUT2D eigenvalue weighted by Crippen LogP contribution is -2.40. The van der Waals surface area contributed by atoms with Gasteiger partial charge >= 0.3 is 5.97 Å². The van der Waals surface area contributed by atoms with E-state index in [0.29, 0.717) is 37.2 Å². The van der Waals surface area contributed by atoms with Crippen LogP contribution in [-0.4, -0.2) is 38.4 Å². The molecule has 1 aliphatic rings. The molecular weight excluding hydrogens is 448 g/mol. The Balaban J connectivity index is 1.52. The Bertz CT molecular complexity index is 1170. The number of hydrazine groups is 1. The van der Waals surface area contributed by atoms with Crippen LogP contribution in [-0.2, 0) is 22.7 Å². The molecule has 4 rings (SSSR count). The van der Waals surface area contributed by atoms with Crippen molar-refractivity contribution >= 4 is 5.97 Å². The zero-order valence-corrected chi connectivity index (χ0v) is 20.3. The highest BCUT2D eigenvalue weighted by Gasteiger charge is 2.30. The first-order valence-corrected chi connectivity index (χ1v) is 11.3. The first kappa shape index (κ1) is 24.3. The molecule has 2 N–H and O–H groups in total. The number of carbonyl (C=O) groups is 1. The van der Waals surface area contributed by atoms with E-state index in [4.69, 9.17) is 14.0 Å². The average Bonchev–Trinajstić information content (AvgIpc) is 3.49. The highest BCUT2D eigenvalue weighted by molar-refractivity contribution is 5.77. The second kappa shape index (κ2) is 10.2. The molecule has 0 atom stereocenters. The zero-order chi connectivity index (χ0) is 25.0. The van der Waals surface area contributed by atoms with E-state index in [9.17, 15) is 9.90 Å². The fraction of sp³-hybridized carbons (Fsp3) is 0.308. The number of aliphatic carboxylic acids is 1. The molecule has 184 valence electrons. The van der Waals surface area contributed by atoms with Gasteiger partial charge in [0.2, 0.25) is 5.89 Å². The molecule has 0 fully saturated rings. The van der Waals surface area contributed by atoms with Gasteiger partial charge in [-0.25, -0.2) is 9.78 Å². The normalized spacial score (nSPS) is 13.6. The third kappa shape index (κ3) is 6.00. The summed E-state index contributed by atoms with van der Waals surface area (Å²) in [4.78, 5) is 23.6. The van der Waals surface area contributed by atoms with Gasteiger partial charge in [-0.15, -0.1) is 0 Å². The van der Waals surface area contributed by atoms with Crippen molar-refractivity contribution in [2.75, 3.05) is 6.67 Å². The van der Waals surface area contributed by atoms with Crippen LogP contribution >= 0.6 is 0 Å². The molecule has 0 saturated heterocycles. The molecule has 1 aliphatic heterocycles. The van der Waals surface area contributed by atoms with Crippen LogP contribution < -0.4 is 10.2 Å². The van der Waals surface area contributed by atoms with E-state index < -0.39 is 11.6 Å². The van der Waals surface area contributed by atoms with Crippen molar-refractivity contribution in [1.82, 2.24) is 20.5 Å². The van der Waals surface area contributed by atoms with Crippen molar-refractivity contribution in [3.05, 3.63) is 83.7 Å². The van der Waals surface area contributed by atoms with Crippen molar-refractivity contribution in [2.24, 2.45) is 0 Å². The SMILES string of the molecule is Cc1cc(CN(Cc2ncc(-c3ccccc3)o2)CN2NC=CO2)cc(C)c1OC(C)(C)C(=O)O. The number of nitrogens with one attached hydrogen (secondary N) is 1. The molecule has 0 bridgehead atoms. The second-order valence-electron chi connectivity index (χ2n) is 9.00. The number of nitrogens with zero attached hydrogens (tertiary/aromatic N) is 3. The number of carboxylic acids is 1. The molecule has 1 aromatic heterocycles. The van der Waals surface area contributed by atoms with Crippen LogP contribution in [0.2, 0.25) is 0 Å². The van der Waals surface area contributed by atoms with E-state index >= 15 is 0 Å². The van der Waals surface area contributed by atoms with Crippen LogP contribution in [0.4, 0.5) is 0 Å². The van der Waals surface area contributed by atoms with Crippen LogP contribution in [0.3, 0.4) is 0 Å². The van der Waals surface area contributed by atoms with Gasteiger partial charge in [0.05, 0.1) is 18.9 Å². The summed E-state index contributed by atoms with van der Waals surface area (Å²) < 4.78 is 11.9. The molecule has 0 saturated carbocycles. The van der Waals surface area contributed by atoms with Crippen molar-refractivity contribution in [2.45, 2.75) is 46.4 Å². The lowest BCUT2D eigenvalue weighted by Gasteiger charge is -2.27. The Hall–Kier alpha value is -3.82. The average molecular weight is 479 g/mol. The number of carboxylic acid groups (broad SMARTS) is 1. The monoisotopic (exact) mass is 478 g/mol. The lowest BCUT2D eigenvalue weighted by atomic mass is 10.0. The Labute approximate surface area is 204 Å². The third-order valence-corrected chi connectivity index (χ3v) is 5.57. The first-order valence-electron chi connectivity index (χ1n) is 11.3. The third-order valence-electron chi connectivity index (χ3n) is 5.57. The molecule has 0 radical (unpaired) electrons. The molecule has 9 heteroatoms. The van der Waals surface area contributed by atoms with Gasteiger partial charge in [-0.05, 0) is 49.6 Å². The van der Waals surface area contributed by atoms with Gasteiger partial charge in [0, 0.05) is 12.1 Å². The van der Waals surface area contributed by atoms with Gasteiger partial charge in [-0.2, -0.15) is 0 Å². The number of ether oxygens (including phenoxy) is 1. The number of oxazole rings is 1. The van der Waals surface area contributed by atoms with Crippen LogP contribution in [0.5, 0.6) is 5.75 Å². The molecule has 2 heterocycles. The van der Waals surface area contributed by atoms with Gasteiger partial charge < -0.3 is 19.1 Å². The van der Waals surface area contributed by atoms with Crippen molar-refractivity contribution in [3.63, 3.8) is 0 Å². The largest absolute Gasteiger partial charge is 0.478 e. The molecule has 9 nitrogen and oxygen atoms in total. The number of aromatic nitrogens is 1. The fourth-order valence-corrected chi connectivity index (χ4v) is 3.82. The summed E-state index contributed by atoms with van der Waals surface area (Å²) in [5, 5.41) is 11.0. The molecule has 2 aromatic carbocycles. The Morgan fingerprint density at radius 1 is 1.17 bits per heavy atom. The maximum Gasteiger partial charge on any atom is 0.347 e. The van der Waals surface area contributed by atoms with Gasteiger partial charge in [0.15, 0.2) is 11.4 Å². The Morgan fingerprint density at radius 2 is 1.89 bits per heavy atom. The number of aryl methyl sites for hydroxylation is 2. The first-order chi connectivity index (χ1) is 16.7. The van der Waals surface area contributed by atoms with E-state index in [-0.39, 0.29) is 0 Å². The molecule has 35 heavy (non-hydrogen) atoms. The van der Waals surface area contributed by atoms with Crippen LogP contribution in [0, 0.1) is 13.8 Å². The van der Waals surface area contributed by atoms with Gasteiger partial charge in [-0.3, -0.25) is 10.3 Å². The maximum absolute atomic E-state index is 11.5. The molecule has 0 unspecified atom stereocenters. The summed E-state index contributed by atoms with van der Waals surface area (Å²) in [6, 6.07) is 13.9. The van der Waals surface area contributed by atoms with Gasteiger partial charge in [-0.1, -0.05) is 42.5 Å². The van der Waals surface area contributed by atoms with Crippen molar-refractivity contribution < 1.29 is 23.9 Å². The number of rotatable bonds is 10. The number of benzene rings is 2. The van der Waals surface area contributed by atoms with E-state index in [1.165, 1.54) is 0 Å². The summed E-state index contributed by atoms with van der Waals surface area (Å²) in [5.74, 6) is 0.875. The quantitative estimate of drug-likeness (QED) is 0.440.